The van der Waals surface area contributed by atoms with Crippen molar-refractivity contribution in [3.63, 3.8) is 0 Å². The third-order valence-corrected chi connectivity index (χ3v) is 3.99. The molecule has 108 valence electrons. The third kappa shape index (κ3) is 2.99. The number of hydrogen-bond donors (Lipinski definition) is 1. The molecule has 2 rings (SSSR count). The van der Waals surface area contributed by atoms with Crippen molar-refractivity contribution < 1.29 is 17.6 Å². The Bertz CT molecular complexity index is 607. The Labute approximate surface area is 117 Å². The van der Waals surface area contributed by atoms with Crippen molar-refractivity contribution in [1.82, 2.24) is 10.3 Å². The Kier molecular flexibility index (Phi) is 4.10. The number of alkyl halides is 3. The van der Waals surface area contributed by atoms with Crippen LogP contribution in [0, 0.1) is 12.7 Å². The van der Waals surface area contributed by atoms with Crippen LogP contribution in [0.3, 0.4) is 0 Å². The summed E-state index contributed by atoms with van der Waals surface area (Å²) in [6.45, 7) is 1.72. The number of aryl methyl sites for hydroxylation is 1. The Morgan fingerprint density at radius 3 is 2.50 bits per heavy atom. The van der Waals surface area contributed by atoms with Crippen LogP contribution in [0.4, 0.5) is 17.6 Å². The van der Waals surface area contributed by atoms with Crippen molar-refractivity contribution in [3.05, 3.63) is 51.2 Å². The second kappa shape index (κ2) is 5.49. The molecule has 0 radical (unpaired) electrons. The van der Waals surface area contributed by atoms with Gasteiger partial charge in [0.15, 0.2) is 5.01 Å². The van der Waals surface area contributed by atoms with Crippen molar-refractivity contribution in [2.24, 2.45) is 0 Å². The first-order valence-electron chi connectivity index (χ1n) is 5.79. The van der Waals surface area contributed by atoms with Crippen LogP contribution in [0.5, 0.6) is 0 Å². The predicted molar refractivity (Wildman–Crippen MR) is 69.2 cm³/mol. The fraction of sp³-hybridized carbons (Fsp3) is 0.308. The summed E-state index contributed by atoms with van der Waals surface area (Å²) in [5.74, 6) is -0.374. The summed E-state index contributed by atoms with van der Waals surface area (Å²) in [4.78, 5) is 3.85. The normalized spacial score (nSPS) is 13.5. The number of hydrogen-bond acceptors (Lipinski definition) is 3. The zero-order valence-electron chi connectivity index (χ0n) is 10.8. The SMILES string of the molecule is CNC(c1cnc(C(F)(F)F)s1)c1ccc(F)cc1C. The summed E-state index contributed by atoms with van der Waals surface area (Å²) >= 11 is 0.588. The number of nitrogens with one attached hydrogen (secondary N) is 1. The quantitative estimate of drug-likeness (QED) is 0.869. The molecule has 1 aromatic heterocycles. The number of halogens is 4. The molecule has 0 saturated carbocycles. The molecule has 2 nitrogen and oxygen atoms in total. The Balaban J connectivity index is 2.40. The number of rotatable bonds is 3. The molecule has 0 amide bonds. The van der Waals surface area contributed by atoms with Crippen molar-refractivity contribution in [2.75, 3.05) is 7.05 Å². The molecular formula is C13H12F4N2S. The van der Waals surface area contributed by atoms with Gasteiger partial charge in [-0.25, -0.2) is 9.37 Å². The largest absolute Gasteiger partial charge is 0.443 e. The van der Waals surface area contributed by atoms with Crippen molar-refractivity contribution >= 4 is 11.3 Å². The Morgan fingerprint density at radius 1 is 1.30 bits per heavy atom. The molecule has 7 heteroatoms. The van der Waals surface area contributed by atoms with Crippen LogP contribution in [-0.4, -0.2) is 12.0 Å². The minimum absolute atomic E-state index is 0.374. The predicted octanol–water partition coefficient (Wildman–Crippen LogP) is 3.92. The average molecular weight is 304 g/mol. The lowest BCUT2D eigenvalue weighted by atomic mass is 10.0. The maximum Gasteiger partial charge on any atom is 0.443 e. The van der Waals surface area contributed by atoms with E-state index < -0.39 is 17.2 Å². The third-order valence-electron chi connectivity index (χ3n) is 2.88. The van der Waals surface area contributed by atoms with E-state index in [4.69, 9.17) is 0 Å². The van der Waals surface area contributed by atoms with E-state index in [9.17, 15) is 17.6 Å². The van der Waals surface area contributed by atoms with Gasteiger partial charge < -0.3 is 5.32 Å². The van der Waals surface area contributed by atoms with E-state index in [1.165, 1.54) is 18.3 Å². The molecule has 2 aromatic rings. The van der Waals surface area contributed by atoms with E-state index >= 15 is 0 Å². The summed E-state index contributed by atoms with van der Waals surface area (Å²) in [5.41, 5.74) is 1.40. The van der Waals surface area contributed by atoms with Crippen molar-refractivity contribution in [2.45, 2.75) is 19.1 Å². The first-order valence-corrected chi connectivity index (χ1v) is 6.61. The smallest absolute Gasteiger partial charge is 0.309 e. The van der Waals surface area contributed by atoms with Gasteiger partial charge in [-0.3, -0.25) is 0 Å². The molecule has 0 fully saturated rings. The lowest BCUT2D eigenvalue weighted by Crippen LogP contribution is -2.17. The minimum Gasteiger partial charge on any atom is -0.309 e. The lowest BCUT2D eigenvalue weighted by molar-refractivity contribution is -0.137. The highest BCUT2D eigenvalue weighted by molar-refractivity contribution is 7.11. The van der Waals surface area contributed by atoms with Crippen molar-refractivity contribution in [1.29, 1.82) is 0 Å². The maximum atomic E-state index is 13.1. The molecule has 1 atom stereocenters. The Hall–Kier alpha value is -1.47. The van der Waals surface area contributed by atoms with Crippen LogP contribution in [0.1, 0.15) is 27.1 Å². The van der Waals surface area contributed by atoms with Gasteiger partial charge in [0.25, 0.3) is 0 Å². The standard InChI is InChI=1S/C13H12F4N2S/c1-7-5-8(14)3-4-9(7)11(18-2)10-6-19-12(20-10)13(15,16)17/h3-6,11,18H,1-2H3. The highest BCUT2D eigenvalue weighted by Gasteiger charge is 2.35. The number of benzene rings is 1. The van der Waals surface area contributed by atoms with Crippen molar-refractivity contribution in [3.8, 4) is 0 Å². The highest BCUT2D eigenvalue weighted by atomic mass is 32.1. The van der Waals surface area contributed by atoms with Gasteiger partial charge in [-0.15, -0.1) is 11.3 Å². The highest BCUT2D eigenvalue weighted by Crippen LogP contribution is 2.36. The Morgan fingerprint density at radius 2 is 2.00 bits per heavy atom. The average Bonchev–Trinajstić information content (AvgIpc) is 2.82. The van der Waals surface area contributed by atoms with Gasteiger partial charge in [-0.2, -0.15) is 13.2 Å². The molecule has 0 aliphatic carbocycles. The molecule has 0 spiro atoms. The van der Waals surface area contributed by atoms with Crippen LogP contribution in [-0.2, 0) is 6.18 Å². The van der Waals surface area contributed by atoms with E-state index in [0.29, 0.717) is 21.8 Å². The van der Waals surface area contributed by atoms with Gasteiger partial charge in [0.2, 0.25) is 0 Å². The minimum atomic E-state index is -4.45. The maximum absolute atomic E-state index is 13.1. The van der Waals surface area contributed by atoms with Gasteiger partial charge in [0, 0.05) is 11.1 Å². The molecule has 0 saturated heterocycles. The number of aromatic nitrogens is 1. The van der Waals surface area contributed by atoms with Crippen LogP contribution in [0.15, 0.2) is 24.4 Å². The molecule has 1 aromatic carbocycles. The summed E-state index contributed by atoms with van der Waals surface area (Å²) in [6.07, 6.45) is -3.24. The summed E-state index contributed by atoms with van der Waals surface area (Å²) in [7, 11) is 1.64. The van der Waals surface area contributed by atoms with Gasteiger partial charge in [0.05, 0.1) is 6.04 Å². The van der Waals surface area contributed by atoms with Gasteiger partial charge in [0.1, 0.15) is 5.82 Å². The number of thiazole rings is 1. The first-order chi connectivity index (χ1) is 9.32. The van der Waals surface area contributed by atoms with E-state index in [1.807, 2.05) is 0 Å². The fourth-order valence-corrected chi connectivity index (χ4v) is 2.88. The van der Waals surface area contributed by atoms with E-state index in [2.05, 4.69) is 10.3 Å². The zero-order chi connectivity index (χ0) is 14.9. The zero-order valence-corrected chi connectivity index (χ0v) is 11.6. The summed E-state index contributed by atoms with van der Waals surface area (Å²) < 4.78 is 50.8. The summed E-state index contributed by atoms with van der Waals surface area (Å²) in [6, 6.07) is 3.77. The van der Waals surface area contributed by atoms with Crippen LogP contribution in [0.25, 0.3) is 0 Å². The van der Waals surface area contributed by atoms with E-state index in [0.717, 1.165) is 5.56 Å². The lowest BCUT2D eigenvalue weighted by Gasteiger charge is -2.17. The molecule has 1 heterocycles. The molecule has 0 aliphatic heterocycles. The molecule has 0 aliphatic rings. The fourth-order valence-electron chi connectivity index (χ4n) is 1.97. The first kappa shape index (κ1) is 14.9. The monoisotopic (exact) mass is 304 g/mol. The second-order valence-corrected chi connectivity index (χ2v) is 5.35. The molecular weight excluding hydrogens is 292 g/mol. The second-order valence-electron chi connectivity index (χ2n) is 4.29. The van der Waals surface area contributed by atoms with E-state index in [1.54, 1.807) is 20.0 Å². The topological polar surface area (TPSA) is 24.9 Å². The molecule has 1 unspecified atom stereocenters. The van der Waals surface area contributed by atoms with Crippen LogP contribution in [0.2, 0.25) is 0 Å². The van der Waals surface area contributed by atoms with Gasteiger partial charge in [-0.05, 0) is 37.2 Å². The van der Waals surface area contributed by atoms with Crippen LogP contribution < -0.4 is 5.32 Å². The van der Waals surface area contributed by atoms with Gasteiger partial charge >= 0.3 is 6.18 Å². The summed E-state index contributed by atoms with van der Waals surface area (Å²) in [5, 5.41) is 2.06. The van der Waals surface area contributed by atoms with E-state index in [-0.39, 0.29) is 5.82 Å². The molecule has 0 bridgehead atoms. The van der Waals surface area contributed by atoms with Crippen LogP contribution >= 0.6 is 11.3 Å². The number of nitrogens with zero attached hydrogens (tertiary/aromatic N) is 1. The molecule has 20 heavy (non-hydrogen) atoms. The molecule has 1 N–H and O–H groups in total. The van der Waals surface area contributed by atoms with Gasteiger partial charge in [-0.1, -0.05) is 6.07 Å².